The lowest BCUT2D eigenvalue weighted by Crippen LogP contribution is -2.39. The number of hydrogen-bond donors (Lipinski definition) is 0. The lowest BCUT2D eigenvalue weighted by atomic mass is 10.1. The molecule has 3 aromatic rings. The van der Waals surface area contributed by atoms with Crippen LogP contribution < -0.4 is 4.90 Å². The molecular formula is C28H39ClN4O3S2. The predicted molar refractivity (Wildman–Crippen MR) is 159 cm³/mol. The van der Waals surface area contributed by atoms with Crippen LogP contribution in [-0.2, 0) is 10.0 Å². The van der Waals surface area contributed by atoms with Gasteiger partial charge < -0.3 is 4.90 Å². The summed E-state index contributed by atoms with van der Waals surface area (Å²) in [5, 5.41) is 0.669. The van der Waals surface area contributed by atoms with Gasteiger partial charge in [0.2, 0.25) is 10.0 Å². The van der Waals surface area contributed by atoms with Crippen LogP contribution in [0, 0.1) is 13.8 Å². The van der Waals surface area contributed by atoms with Crippen LogP contribution >= 0.6 is 23.7 Å². The maximum absolute atomic E-state index is 13.8. The Morgan fingerprint density at radius 1 is 0.947 bits per heavy atom. The molecule has 4 rings (SSSR count). The Morgan fingerprint density at radius 2 is 1.58 bits per heavy atom. The van der Waals surface area contributed by atoms with E-state index < -0.39 is 10.0 Å². The Balaban J connectivity index is 0.00000400. The summed E-state index contributed by atoms with van der Waals surface area (Å²) in [5.74, 6) is -0.167. The van der Waals surface area contributed by atoms with Crippen molar-refractivity contribution in [2.75, 3.05) is 44.2 Å². The van der Waals surface area contributed by atoms with Crippen LogP contribution in [-0.4, -0.2) is 67.8 Å². The average molecular weight is 579 g/mol. The van der Waals surface area contributed by atoms with Gasteiger partial charge in [-0.05, 0) is 81.2 Å². The van der Waals surface area contributed by atoms with Crippen LogP contribution in [0.3, 0.4) is 0 Å². The maximum Gasteiger partial charge on any atom is 0.260 e. The number of nitrogens with zero attached hydrogens (tertiary/aromatic N) is 4. The Kier molecular flexibility index (Phi) is 10.7. The third kappa shape index (κ3) is 6.57. The normalized spacial score (nSPS) is 14.9. The predicted octanol–water partition coefficient (Wildman–Crippen LogP) is 5.89. The topological polar surface area (TPSA) is 73.8 Å². The van der Waals surface area contributed by atoms with Gasteiger partial charge in [-0.25, -0.2) is 13.4 Å². The Hall–Kier alpha value is -2.04. The fourth-order valence-electron chi connectivity index (χ4n) is 4.75. The van der Waals surface area contributed by atoms with Crippen molar-refractivity contribution >= 4 is 55.0 Å². The number of fused-ring (bicyclic) bond motifs is 1. The summed E-state index contributed by atoms with van der Waals surface area (Å²) >= 11 is 1.52. The second-order valence-corrected chi connectivity index (χ2v) is 12.6. The van der Waals surface area contributed by atoms with Crippen LogP contribution in [0.2, 0.25) is 0 Å². The van der Waals surface area contributed by atoms with E-state index in [1.54, 1.807) is 33.5 Å². The molecule has 0 bridgehead atoms. The summed E-state index contributed by atoms with van der Waals surface area (Å²) in [4.78, 5) is 22.9. The molecule has 0 aliphatic carbocycles. The number of carbonyl (C=O) groups is 1. The number of aryl methyl sites for hydroxylation is 2. The van der Waals surface area contributed by atoms with Crippen molar-refractivity contribution < 1.29 is 13.2 Å². The minimum atomic E-state index is -3.56. The van der Waals surface area contributed by atoms with Crippen LogP contribution in [0.5, 0.6) is 0 Å². The van der Waals surface area contributed by atoms with Crippen molar-refractivity contribution in [3.05, 3.63) is 53.1 Å². The molecule has 1 amide bonds. The van der Waals surface area contributed by atoms with E-state index in [0.29, 0.717) is 30.3 Å². The number of aromatic nitrogens is 1. The molecule has 0 unspecified atom stereocenters. The molecule has 0 saturated carbocycles. The highest BCUT2D eigenvalue weighted by Crippen LogP contribution is 2.33. The molecule has 0 N–H and O–H groups in total. The molecule has 1 saturated heterocycles. The molecule has 1 aromatic heterocycles. The maximum atomic E-state index is 13.8. The molecule has 1 aliphatic heterocycles. The van der Waals surface area contributed by atoms with E-state index in [0.717, 1.165) is 61.1 Å². The van der Waals surface area contributed by atoms with E-state index in [9.17, 15) is 13.2 Å². The number of benzene rings is 2. The van der Waals surface area contributed by atoms with Gasteiger partial charge in [-0.15, -0.1) is 12.4 Å². The van der Waals surface area contributed by atoms with E-state index >= 15 is 0 Å². The molecule has 208 valence electrons. The number of amides is 1. The molecule has 10 heteroatoms. The van der Waals surface area contributed by atoms with Crippen molar-refractivity contribution in [2.45, 2.75) is 58.3 Å². The van der Waals surface area contributed by atoms with E-state index in [2.05, 4.69) is 44.7 Å². The average Bonchev–Trinajstić information content (AvgIpc) is 3.13. The summed E-state index contributed by atoms with van der Waals surface area (Å²) in [6.07, 6.45) is 3.90. The van der Waals surface area contributed by atoms with E-state index in [1.807, 2.05) is 0 Å². The van der Waals surface area contributed by atoms with Gasteiger partial charge in [0.15, 0.2) is 5.13 Å². The number of sulfonamides is 1. The van der Waals surface area contributed by atoms with E-state index in [4.69, 9.17) is 4.98 Å². The Bertz CT molecular complexity index is 1330. The van der Waals surface area contributed by atoms with Gasteiger partial charge in [0, 0.05) is 31.7 Å². The van der Waals surface area contributed by atoms with Gasteiger partial charge in [-0.3, -0.25) is 9.69 Å². The monoisotopic (exact) mass is 578 g/mol. The largest absolute Gasteiger partial charge is 0.302 e. The number of halogens is 1. The first-order valence-electron chi connectivity index (χ1n) is 13.3. The zero-order chi connectivity index (χ0) is 26.6. The van der Waals surface area contributed by atoms with Crippen molar-refractivity contribution in [3.8, 4) is 0 Å². The first kappa shape index (κ1) is 30.5. The molecular weight excluding hydrogens is 540 g/mol. The first-order chi connectivity index (χ1) is 17.8. The second kappa shape index (κ2) is 13.3. The highest BCUT2D eigenvalue weighted by molar-refractivity contribution is 7.89. The lowest BCUT2D eigenvalue weighted by Gasteiger charge is -2.25. The quantitative estimate of drug-likeness (QED) is 0.317. The zero-order valence-corrected chi connectivity index (χ0v) is 25.2. The van der Waals surface area contributed by atoms with Crippen molar-refractivity contribution in [1.82, 2.24) is 14.2 Å². The van der Waals surface area contributed by atoms with Gasteiger partial charge in [0.05, 0.1) is 15.1 Å². The van der Waals surface area contributed by atoms with Gasteiger partial charge in [0.1, 0.15) is 0 Å². The van der Waals surface area contributed by atoms with Crippen LogP contribution in [0.15, 0.2) is 41.3 Å². The molecule has 7 nitrogen and oxygen atoms in total. The number of rotatable bonds is 9. The van der Waals surface area contributed by atoms with Crippen molar-refractivity contribution in [1.29, 1.82) is 0 Å². The third-order valence-electron chi connectivity index (χ3n) is 7.39. The fraction of sp³-hybridized carbons (Fsp3) is 0.500. The summed E-state index contributed by atoms with van der Waals surface area (Å²) in [7, 11) is -3.56. The molecule has 38 heavy (non-hydrogen) atoms. The van der Waals surface area contributed by atoms with Crippen molar-refractivity contribution in [2.24, 2.45) is 0 Å². The highest BCUT2D eigenvalue weighted by Gasteiger charge is 2.27. The standard InChI is InChI=1S/C28H38N4O3S2.ClH/c1-5-30(6-2)19-20-32(28-29-26-22(4)21(3)11-16-25(26)36-28)27(33)23-12-14-24(15-13-23)37(34,35)31-17-9-7-8-10-18-31;/h11-16H,5-10,17-20H2,1-4H3;1H. The number of hydrogen-bond acceptors (Lipinski definition) is 6. The van der Waals surface area contributed by atoms with Gasteiger partial charge in [-0.2, -0.15) is 4.31 Å². The van der Waals surface area contributed by atoms with Crippen LogP contribution in [0.4, 0.5) is 5.13 Å². The smallest absolute Gasteiger partial charge is 0.260 e. The summed E-state index contributed by atoms with van der Waals surface area (Å²) < 4.78 is 29.0. The third-order valence-corrected chi connectivity index (χ3v) is 10.3. The molecule has 1 fully saturated rings. The first-order valence-corrected chi connectivity index (χ1v) is 15.5. The fourth-order valence-corrected chi connectivity index (χ4v) is 7.32. The number of carbonyl (C=O) groups excluding carboxylic acids is 1. The zero-order valence-electron chi connectivity index (χ0n) is 22.8. The van der Waals surface area contributed by atoms with Gasteiger partial charge in [-0.1, -0.05) is 44.1 Å². The van der Waals surface area contributed by atoms with Crippen molar-refractivity contribution in [3.63, 3.8) is 0 Å². The molecule has 1 aliphatic rings. The van der Waals surface area contributed by atoms with Gasteiger partial charge in [0.25, 0.3) is 5.91 Å². The molecule has 0 radical (unpaired) electrons. The van der Waals surface area contributed by atoms with E-state index in [-0.39, 0.29) is 23.2 Å². The minimum Gasteiger partial charge on any atom is -0.302 e. The number of anilines is 1. The SMILES string of the molecule is CCN(CC)CCN(C(=O)c1ccc(S(=O)(=O)N2CCCCCC2)cc1)c1nc2c(C)c(C)ccc2s1.Cl. The van der Waals surface area contributed by atoms with Crippen LogP contribution in [0.1, 0.15) is 61.0 Å². The summed E-state index contributed by atoms with van der Waals surface area (Å²) in [6, 6.07) is 10.6. The van der Waals surface area contributed by atoms with Crippen LogP contribution in [0.25, 0.3) is 10.2 Å². The highest BCUT2D eigenvalue weighted by atomic mass is 35.5. The lowest BCUT2D eigenvalue weighted by molar-refractivity contribution is 0.0983. The Labute approximate surface area is 237 Å². The molecule has 2 heterocycles. The molecule has 0 atom stereocenters. The van der Waals surface area contributed by atoms with E-state index in [1.165, 1.54) is 16.9 Å². The number of likely N-dealkylation sites (N-methyl/N-ethyl adjacent to an activating group) is 1. The minimum absolute atomic E-state index is 0. The number of thiazole rings is 1. The molecule has 2 aromatic carbocycles. The molecule has 0 spiro atoms. The van der Waals surface area contributed by atoms with Gasteiger partial charge >= 0.3 is 0 Å². The summed E-state index contributed by atoms with van der Waals surface area (Å²) in [5.41, 5.74) is 3.69. The summed E-state index contributed by atoms with van der Waals surface area (Å²) in [6.45, 7) is 12.5. The Morgan fingerprint density at radius 3 is 2.18 bits per heavy atom. The second-order valence-electron chi connectivity index (χ2n) is 9.68.